The highest BCUT2D eigenvalue weighted by atomic mass is 16.5. The predicted molar refractivity (Wildman–Crippen MR) is 143 cm³/mol. The minimum atomic E-state index is 0.924. The molecule has 2 fully saturated rings. The quantitative estimate of drug-likeness (QED) is 0.251. The summed E-state index contributed by atoms with van der Waals surface area (Å²) >= 11 is 0. The van der Waals surface area contributed by atoms with Crippen LogP contribution >= 0.6 is 0 Å². The molecule has 0 radical (unpaired) electrons. The van der Waals surface area contributed by atoms with Crippen molar-refractivity contribution in [3.8, 4) is 0 Å². The van der Waals surface area contributed by atoms with Gasteiger partial charge in [0, 0.05) is 13.2 Å². The molecule has 0 amide bonds. The molecule has 0 aliphatic carbocycles. The second kappa shape index (κ2) is 12.7. The Morgan fingerprint density at radius 2 is 0.879 bits per heavy atom. The number of piperidine rings is 2. The maximum atomic E-state index is 6.08. The summed E-state index contributed by atoms with van der Waals surface area (Å²) in [5.41, 5.74) is 3.04. The first kappa shape index (κ1) is 24.4. The van der Waals surface area contributed by atoms with Crippen molar-refractivity contribution in [2.24, 2.45) is 0 Å². The summed E-state index contributed by atoms with van der Waals surface area (Å²) in [6.45, 7) is 9.63. The summed E-state index contributed by atoms with van der Waals surface area (Å²) in [4.78, 5) is 0. The largest absolute Gasteiger partial charge is 0.381 e. The van der Waals surface area contributed by atoms with Gasteiger partial charge in [0.25, 0.3) is 0 Å². The average Bonchev–Trinajstić information content (AvgIpc) is 2.90. The standard InChI is InChI=1S/C30H46N2O/c1-5-17-29(18-6-1)31(21-9-3-10-22-31)25-13-15-27-33-28-16-14-26-32(23-11-4-12-24-32)30-19-7-2-8-20-30/h1-2,5-8,17-20H,3-4,9-16,21-28H2/q+2. The van der Waals surface area contributed by atoms with Crippen molar-refractivity contribution in [1.82, 2.24) is 8.97 Å². The van der Waals surface area contributed by atoms with Gasteiger partial charge in [-0.2, -0.15) is 0 Å². The Morgan fingerprint density at radius 3 is 1.27 bits per heavy atom. The number of quaternary nitrogens is 2. The predicted octanol–water partition coefficient (Wildman–Crippen LogP) is 6.95. The monoisotopic (exact) mass is 450 g/mol. The molecule has 2 aromatic rings. The van der Waals surface area contributed by atoms with Crippen molar-refractivity contribution in [2.45, 2.75) is 64.2 Å². The van der Waals surface area contributed by atoms with Gasteiger partial charge in [0.1, 0.15) is 11.4 Å². The van der Waals surface area contributed by atoms with Crippen molar-refractivity contribution < 1.29 is 4.74 Å². The number of hydrogen-bond acceptors (Lipinski definition) is 1. The van der Waals surface area contributed by atoms with Crippen LogP contribution in [0.25, 0.3) is 0 Å². The van der Waals surface area contributed by atoms with Gasteiger partial charge in [0.05, 0.1) is 39.3 Å². The molecular formula is C30H46N2O+2. The van der Waals surface area contributed by atoms with E-state index >= 15 is 0 Å². The Balaban J connectivity index is 1.14. The molecule has 2 aromatic carbocycles. The molecule has 3 nitrogen and oxygen atoms in total. The lowest BCUT2D eigenvalue weighted by atomic mass is 10.0. The molecule has 2 saturated heterocycles. The molecule has 33 heavy (non-hydrogen) atoms. The Kier molecular flexibility index (Phi) is 9.40. The molecule has 0 aromatic heterocycles. The first-order valence-corrected chi connectivity index (χ1v) is 13.7. The van der Waals surface area contributed by atoms with Crippen LogP contribution in [-0.2, 0) is 4.74 Å². The first-order chi connectivity index (χ1) is 16.3. The zero-order valence-corrected chi connectivity index (χ0v) is 20.8. The molecule has 0 saturated carbocycles. The van der Waals surface area contributed by atoms with Crippen LogP contribution in [0, 0.1) is 0 Å². The molecule has 0 unspecified atom stereocenters. The van der Waals surface area contributed by atoms with Gasteiger partial charge in [-0.25, -0.2) is 0 Å². The second-order valence-electron chi connectivity index (χ2n) is 10.5. The van der Waals surface area contributed by atoms with Gasteiger partial charge in [-0.1, -0.05) is 36.4 Å². The van der Waals surface area contributed by atoms with Crippen molar-refractivity contribution in [3.63, 3.8) is 0 Å². The number of benzene rings is 2. The molecule has 2 heterocycles. The SMILES string of the molecule is c1ccc([N+]2(CCCCOCCCC[N+]3(c4ccccc4)CCCCC3)CCCCC2)cc1. The lowest BCUT2D eigenvalue weighted by Crippen LogP contribution is -2.53. The minimum absolute atomic E-state index is 0.924. The van der Waals surface area contributed by atoms with E-state index in [9.17, 15) is 0 Å². The summed E-state index contributed by atoms with van der Waals surface area (Å²) in [5.74, 6) is 0. The van der Waals surface area contributed by atoms with E-state index in [2.05, 4.69) is 60.7 Å². The number of ether oxygens (including phenoxy) is 1. The highest BCUT2D eigenvalue weighted by molar-refractivity contribution is 5.43. The van der Waals surface area contributed by atoms with Crippen molar-refractivity contribution in [2.75, 3.05) is 52.5 Å². The smallest absolute Gasteiger partial charge is 0.132 e. The van der Waals surface area contributed by atoms with E-state index in [4.69, 9.17) is 4.74 Å². The summed E-state index contributed by atoms with van der Waals surface area (Å²) in [6.07, 6.45) is 13.2. The molecule has 3 heteroatoms. The van der Waals surface area contributed by atoms with E-state index < -0.39 is 0 Å². The molecule has 180 valence electrons. The topological polar surface area (TPSA) is 9.23 Å². The van der Waals surface area contributed by atoms with Crippen molar-refractivity contribution in [1.29, 1.82) is 0 Å². The summed E-state index contributed by atoms with van der Waals surface area (Å²) < 4.78 is 8.47. The lowest BCUT2D eigenvalue weighted by molar-refractivity contribution is 0.118. The number of likely N-dealkylation sites (tertiary alicyclic amines) is 2. The number of rotatable bonds is 12. The molecule has 0 bridgehead atoms. The molecule has 2 aliphatic rings. The van der Waals surface area contributed by atoms with Crippen LogP contribution in [0.1, 0.15) is 64.2 Å². The zero-order valence-electron chi connectivity index (χ0n) is 20.8. The third-order valence-corrected chi connectivity index (χ3v) is 8.20. The fraction of sp³-hybridized carbons (Fsp3) is 0.600. The maximum Gasteiger partial charge on any atom is 0.132 e. The summed E-state index contributed by atoms with van der Waals surface area (Å²) in [5, 5.41) is 0. The number of nitrogens with zero attached hydrogens (tertiary/aromatic N) is 2. The third kappa shape index (κ3) is 6.68. The Labute approximate surface area is 202 Å². The van der Waals surface area contributed by atoms with Gasteiger partial charge in [0.2, 0.25) is 0 Å². The Morgan fingerprint density at radius 1 is 0.485 bits per heavy atom. The van der Waals surface area contributed by atoms with Gasteiger partial charge in [0.15, 0.2) is 0 Å². The van der Waals surface area contributed by atoms with E-state index in [-0.39, 0.29) is 0 Å². The van der Waals surface area contributed by atoms with Crippen LogP contribution in [0.3, 0.4) is 0 Å². The van der Waals surface area contributed by atoms with Crippen LogP contribution in [0.4, 0.5) is 11.4 Å². The fourth-order valence-electron chi connectivity index (χ4n) is 6.28. The number of hydrogen-bond donors (Lipinski definition) is 0. The van der Waals surface area contributed by atoms with E-state index in [0.717, 1.165) is 13.2 Å². The highest BCUT2D eigenvalue weighted by Gasteiger charge is 2.32. The lowest BCUT2D eigenvalue weighted by Gasteiger charge is -2.41. The fourth-order valence-corrected chi connectivity index (χ4v) is 6.28. The van der Waals surface area contributed by atoms with E-state index in [1.165, 1.54) is 124 Å². The Bertz CT molecular complexity index is 712. The molecule has 2 aliphatic heterocycles. The average molecular weight is 451 g/mol. The third-order valence-electron chi connectivity index (χ3n) is 8.20. The van der Waals surface area contributed by atoms with Crippen LogP contribution < -0.4 is 8.97 Å². The molecule has 0 atom stereocenters. The van der Waals surface area contributed by atoms with Crippen molar-refractivity contribution in [3.05, 3.63) is 60.7 Å². The van der Waals surface area contributed by atoms with E-state index in [1.807, 2.05) is 0 Å². The van der Waals surface area contributed by atoms with Crippen LogP contribution in [-0.4, -0.2) is 52.5 Å². The van der Waals surface area contributed by atoms with Crippen LogP contribution in [0.2, 0.25) is 0 Å². The number of unbranched alkanes of at least 4 members (excludes halogenated alkanes) is 2. The maximum absolute atomic E-state index is 6.08. The van der Waals surface area contributed by atoms with Crippen LogP contribution in [0.5, 0.6) is 0 Å². The number of para-hydroxylation sites is 2. The zero-order chi connectivity index (χ0) is 22.7. The van der Waals surface area contributed by atoms with Gasteiger partial charge in [-0.3, -0.25) is 8.97 Å². The van der Waals surface area contributed by atoms with E-state index in [1.54, 1.807) is 0 Å². The summed E-state index contributed by atoms with van der Waals surface area (Å²) in [7, 11) is 0. The summed E-state index contributed by atoms with van der Waals surface area (Å²) in [6, 6.07) is 22.5. The van der Waals surface area contributed by atoms with E-state index in [0.29, 0.717) is 0 Å². The minimum Gasteiger partial charge on any atom is -0.381 e. The normalized spacial score (nSPS) is 19.9. The molecule has 0 N–H and O–H groups in total. The molecule has 0 spiro atoms. The van der Waals surface area contributed by atoms with Gasteiger partial charge in [-0.05, 0) is 88.5 Å². The van der Waals surface area contributed by atoms with Gasteiger partial charge >= 0.3 is 0 Å². The Hall–Kier alpha value is -1.68. The van der Waals surface area contributed by atoms with Gasteiger partial charge < -0.3 is 4.74 Å². The molecular weight excluding hydrogens is 404 g/mol. The second-order valence-corrected chi connectivity index (χ2v) is 10.5. The molecule has 4 rings (SSSR count). The van der Waals surface area contributed by atoms with Crippen molar-refractivity contribution >= 4 is 11.4 Å². The van der Waals surface area contributed by atoms with Crippen LogP contribution in [0.15, 0.2) is 60.7 Å². The van der Waals surface area contributed by atoms with Gasteiger partial charge in [-0.15, -0.1) is 0 Å². The highest BCUT2D eigenvalue weighted by Crippen LogP contribution is 2.30. The first-order valence-electron chi connectivity index (χ1n) is 13.7.